The van der Waals surface area contributed by atoms with Gasteiger partial charge in [-0.25, -0.2) is 0 Å². The van der Waals surface area contributed by atoms with E-state index in [0.717, 1.165) is 0 Å². The quantitative estimate of drug-likeness (QED) is 0.117. The minimum absolute atomic E-state index is 0.133. The topological polar surface area (TPSA) is 367 Å². The highest BCUT2D eigenvalue weighted by molar-refractivity contribution is 5.80. The lowest BCUT2D eigenvalue weighted by atomic mass is 9.82. The van der Waals surface area contributed by atoms with Crippen LogP contribution in [0.5, 0.6) is 0 Å². The molecule has 3 heterocycles. The molecule has 2 amide bonds. The van der Waals surface area contributed by atoms with Gasteiger partial charge in [-0.1, -0.05) is 98.9 Å². The van der Waals surface area contributed by atoms with Crippen LogP contribution in [0, 0.1) is 17.8 Å². The number of cyclic esters (lactones) is 1. The molecule has 2 bridgehead atoms. The standard InChI is InChI=1S/C53H85N3O19/c1-31-18-16-14-12-10-8-6-7-9-11-13-15-17-19-39(74-52-50(69)47(49(68)34(4)73-52)56-44(65)29-54-5)25-43-46(51(70)55-28-38(61)30-57)42(64)27-53(71,75-43)26-37(60)23-41(63)40(62)21-20-35(58)22-36(59)24-45(66)72-33(3)32(2)48(31)67/h6-19,31-43,46-50,52,54,57-64,67-69,71H,20-30H2,1-5H3,(H,55,70)(H,56,65)/b7-6+,10-8+,11-9+,14-12+,15-13+,18-16+,19-17+/t31-,32-,33-,34-,35+,36+,37-,38?,39-,40+,41+,42-,43-,46+,47-,48+,49+,50-,52+,53+/m0/s1. The Bertz CT molecular complexity index is 1930. The third kappa shape index (κ3) is 22.8. The molecule has 3 rings (SSSR count). The van der Waals surface area contributed by atoms with E-state index < -0.39 is 172 Å². The van der Waals surface area contributed by atoms with Crippen molar-refractivity contribution >= 4 is 17.8 Å². The number of esters is 1. The Hall–Kier alpha value is -4.05. The lowest BCUT2D eigenvalue weighted by Gasteiger charge is -2.46. The second-order valence-corrected chi connectivity index (χ2v) is 19.9. The lowest BCUT2D eigenvalue weighted by Crippen LogP contribution is -2.64. The van der Waals surface area contributed by atoms with Gasteiger partial charge in [0, 0.05) is 44.1 Å². The van der Waals surface area contributed by atoms with Crippen molar-refractivity contribution in [3.63, 3.8) is 0 Å². The summed E-state index contributed by atoms with van der Waals surface area (Å²) in [6.45, 7) is 5.44. The van der Waals surface area contributed by atoms with E-state index >= 15 is 0 Å². The first-order valence-corrected chi connectivity index (χ1v) is 25.7. The van der Waals surface area contributed by atoms with Crippen LogP contribution < -0.4 is 16.0 Å². The molecule has 0 saturated carbocycles. The Morgan fingerprint density at radius 1 is 0.720 bits per heavy atom. The summed E-state index contributed by atoms with van der Waals surface area (Å²) in [6.07, 6.45) is 0.835. The number of amides is 2. The first-order valence-electron chi connectivity index (χ1n) is 25.7. The smallest absolute Gasteiger partial charge is 0.308 e. The molecular formula is C53H85N3O19. The van der Waals surface area contributed by atoms with Gasteiger partial charge in [0.2, 0.25) is 11.8 Å². The van der Waals surface area contributed by atoms with Crippen molar-refractivity contribution in [1.82, 2.24) is 16.0 Å². The molecule has 0 aromatic carbocycles. The van der Waals surface area contributed by atoms with Crippen LogP contribution in [0.3, 0.4) is 0 Å². The minimum atomic E-state index is -2.39. The normalized spacial score (nSPS) is 41.3. The number of allylic oxidation sites excluding steroid dienone is 12. The van der Waals surface area contributed by atoms with Crippen LogP contribution in [-0.4, -0.2) is 209 Å². The SMILES string of the molecule is CNCC(=O)N[C@@H]1[C@H](O)[C@@H](O[C@H]2/C=C/C=C/C=C/C=C/C=C/C=C/C=C/[C@H](C)[C@@H](O)[C@@H](C)[C@H](C)OC(=O)C[C@H](O)C[C@H](O)CC[C@@H](O)[C@H](O)C[C@H](O)C[C@]3(O)C[C@H](O)[C@@H](C(=O)NCC(O)CO)[C@H](C2)O3)O[C@@H](C)[C@H]1O. The van der Waals surface area contributed by atoms with Gasteiger partial charge in [0.1, 0.15) is 18.3 Å². The highest BCUT2D eigenvalue weighted by Gasteiger charge is 2.51. The summed E-state index contributed by atoms with van der Waals surface area (Å²) in [7, 11) is 1.54. The number of hydrogen-bond donors (Lipinski definition) is 15. The van der Waals surface area contributed by atoms with E-state index in [0.29, 0.717) is 0 Å². The number of carbonyl (C=O) groups is 3. The fraction of sp³-hybridized carbons (Fsp3) is 0.679. The van der Waals surface area contributed by atoms with Crippen LogP contribution in [0.25, 0.3) is 0 Å². The van der Waals surface area contributed by atoms with Crippen molar-refractivity contribution in [2.75, 3.05) is 26.7 Å². The first kappa shape index (κ1) is 65.2. The molecule has 2 fully saturated rings. The highest BCUT2D eigenvalue weighted by Crippen LogP contribution is 2.38. The first-order chi connectivity index (χ1) is 35.5. The van der Waals surface area contributed by atoms with Crippen LogP contribution in [0.4, 0.5) is 0 Å². The summed E-state index contributed by atoms with van der Waals surface area (Å²) >= 11 is 0. The average Bonchev–Trinajstić information content (AvgIpc) is 3.33. The summed E-state index contributed by atoms with van der Waals surface area (Å²) in [5.41, 5.74) is 0. The number of aliphatic hydroxyl groups is 12. The molecule has 75 heavy (non-hydrogen) atoms. The van der Waals surface area contributed by atoms with E-state index in [-0.39, 0.29) is 38.1 Å². The van der Waals surface area contributed by atoms with Crippen molar-refractivity contribution in [2.24, 2.45) is 17.8 Å². The number of hydrogen-bond acceptors (Lipinski definition) is 20. The zero-order chi connectivity index (χ0) is 55.8. The number of ether oxygens (including phenoxy) is 4. The second kappa shape index (κ2) is 33.3. The second-order valence-electron chi connectivity index (χ2n) is 19.9. The van der Waals surface area contributed by atoms with Gasteiger partial charge in [0.25, 0.3) is 0 Å². The molecule has 15 N–H and O–H groups in total. The summed E-state index contributed by atoms with van der Waals surface area (Å²) in [5, 5.41) is 138. The molecular weight excluding hydrogens is 983 g/mol. The molecule has 2 saturated heterocycles. The molecule has 0 aliphatic carbocycles. The summed E-state index contributed by atoms with van der Waals surface area (Å²) in [4.78, 5) is 39.0. The van der Waals surface area contributed by atoms with Gasteiger partial charge in [0.15, 0.2) is 12.1 Å². The van der Waals surface area contributed by atoms with Gasteiger partial charge >= 0.3 is 5.97 Å². The third-order valence-corrected chi connectivity index (χ3v) is 13.4. The van der Waals surface area contributed by atoms with Crippen LogP contribution in [-0.2, 0) is 33.3 Å². The number of likely N-dealkylation sites (N-methyl/N-ethyl adjacent to an activating group) is 1. The molecule has 0 aromatic heterocycles. The van der Waals surface area contributed by atoms with Crippen molar-refractivity contribution in [3.8, 4) is 0 Å². The summed E-state index contributed by atoms with van der Waals surface area (Å²) in [5.74, 6) is -6.78. The van der Waals surface area contributed by atoms with E-state index in [4.69, 9.17) is 18.9 Å². The van der Waals surface area contributed by atoms with E-state index in [9.17, 15) is 75.7 Å². The maximum Gasteiger partial charge on any atom is 0.308 e. The predicted molar refractivity (Wildman–Crippen MR) is 273 cm³/mol. The molecule has 426 valence electrons. The largest absolute Gasteiger partial charge is 0.462 e. The molecule has 22 heteroatoms. The summed E-state index contributed by atoms with van der Waals surface area (Å²) in [6, 6.07) is -1.26. The lowest BCUT2D eigenvalue weighted by molar-refractivity contribution is -0.307. The fourth-order valence-corrected chi connectivity index (χ4v) is 8.93. The Morgan fingerprint density at radius 3 is 1.92 bits per heavy atom. The molecule has 0 aromatic rings. The Morgan fingerprint density at radius 2 is 1.32 bits per heavy atom. The van der Waals surface area contributed by atoms with Gasteiger partial charge in [-0.2, -0.15) is 0 Å². The Kier molecular flexibility index (Phi) is 29.0. The zero-order valence-electron chi connectivity index (χ0n) is 43.6. The van der Waals surface area contributed by atoms with Crippen molar-refractivity contribution < 1.29 is 94.6 Å². The average molecular weight is 1070 g/mol. The third-order valence-electron chi connectivity index (χ3n) is 13.4. The molecule has 1 unspecified atom stereocenters. The molecule has 22 nitrogen and oxygen atoms in total. The van der Waals surface area contributed by atoms with E-state index in [2.05, 4.69) is 16.0 Å². The van der Waals surface area contributed by atoms with Crippen molar-refractivity contribution in [2.45, 2.75) is 183 Å². The monoisotopic (exact) mass is 1070 g/mol. The minimum Gasteiger partial charge on any atom is -0.462 e. The van der Waals surface area contributed by atoms with Gasteiger partial charge in [-0.3, -0.25) is 14.4 Å². The fourth-order valence-electron chi connectivity index (χ4n) is 8.93. The Labute approximate surface area is 439 Å². The molecule has 3 aliphatic heterocycles. The number of aliphatic hydroxyl groups excluding tert-OH is 11. The van der Waals surface area contributed by atoms with Crippen LogP contribution in [0.15, 0.2) is 85.1 Å². The molecule has 0 radical (unpaired) electrons. The van der Waals surface area contributed by atoms with E-state index in [1.807, 2.05) is 13.0 Å². The van der Waals surface area contributed by atoms with Crippen molar-refractivity contribution in [1.29, 1.82) is 0 Å². The number of rotatable bonds is 9. The maximum absolute atomic E-state index is 13.8. The van der Waals surface area contributed by atoms with Gasteiger partial charge in [0.05, 0.1) is 98.7 Å². The van der Waals surface area contributed by atoms with Crippen molar-refractivity contribution in [3.05, 3.63) is 85.1 Å². The Balaban J connectivity index is 1.99. The van der Waals surface area contributed by atoms with E-state index in [1.165, 1.54) is 20.0 Å². The number of carbonyl (C=O) groups excluding carboxylic acids is 3. The predicted octanol–water partition coefficient (Wildman–Crippen LogP) is -1.53. The number of fused-ring (bicyclic) bond motifs is 2. The molecule has 20 atom stereocenters. The number of nitrogens with one attached hydrogen (secondary N) is 3. The summed E-state index contributed by atoms with van der Waals surface area (Å²) < 4.78 is 23.8. The van der Waals surface area contributed by atoms with Gasteiger partial charge < -0.3 is 96.2 Å². The van der Waals surface area contributed by atoms with E-state index in [1.54, 1.807) is 86.8 Å². The zero-order valence-corrected chi connectivity index (χ0v) is 43.6. The maximum atomic E-state index is 13.8. The molecule has 3 aliphatic rings. The molecule has 0 spiro atoms. The van der Waals surface area contributed by atoms with Crippen LogP contribution in [0.1, 0.15) is 79.1 Å². The van der Waals surface area contributed by atoms with Crippen LogP contribution >= 0.6 is 0 Å². The van der Waals surface area contributed by atoms with Crippen LogP contribution in [0.2, 0.25) is 0 Å². The van der Waals surface area contributed by atoms with Gasteiger partial charge in [-0.15, -0.1) is 0 Å². The highest BCUT2D eigenvalue weighted by atomic mass is 16.7. The van der Waals surface area contributed by atoms with Gasteiger partial charge in [-0.05, 0) is 40.2 Å².